The van der Waals surface area contributed by atoms with Crippen LogP contribution in [-0.4, -0.2) is 36.7 Å². The van der Waals surface area contributed by atoms with Gasteiger partial charge < -0.3 is 15.4 Å². The summed E-state index contributed by atoms with van der Waals surface area (Å²) in [5, 5.41) is 6.13. The summed E-state index contributed by atoms with van der Waals surface area (Å²) in [5.41, 5.74) is -0.156. The van der Waals surface area contributed by atoms with Gasteiger partial charge in [-0.2, -0.15) is 0 Å². The fraction of sp³-hybridized carbons (Fsp3) is 0.909. The molecule has 1 fully saturated rings. The molecule has 0 aromatic rings. The minimum absolute atomic E-state index is 0.0431. The second-order valence-electron chi connectivity index (χ2n) is 5.15. The SMILES string of the molecule is CC1OCCC1NCC(=O)NC(C)(C)C. The van der Waals surface area contributed by atoms with Crippen LogP contribution >= 0.6 is 0 Å². The number of carbonyl (C=O) groups excluding carboxylic acids is 1. The number of hydrogen-bond donors (Lipinski definition) is 2. The van der Waals surface area contributed by atoms with E-state index >= 15 is 0 Å². The molecule has 0 bridgehead atoms. The Bertz CT molecular complexity index is 223. The van der Waals surface area contributed by atoms with Crippen molar-refractivity contribution in [3.63, 3.8) is 0 Å². The van der Waals surface area contributed by atoms with Crippen molar-refractivity contribution in [2.24, 2.45) is 0 Å². The molecule has 15 heavy (non-hydrogen) atoms. The van der Waals surface area contributed by atoms with Crippen LogP contribution < -0.4 is 10.6 Å². The third-order valence-electron chi connectivity index (χ3n) is 2.42. The Hall–Kier alpha value is -0.610. The zero-order valence-corrected chi connectivity index (χ0v) is 10.1. The average Bonchev–Trinajstić information content (AvgIpc) is 2.44. The summed E-state index contributed by atoms with van der Waals surface area (Å²) >= 11 is 0. The topological polar surface area (TPSA) is 50.4 Å². The predicted molar refractivity (Wildman–Crippen MR) is 59.7 cm³/mol. The van der Waals surface area contributed by atoms with Crippen LogP contribution in [0.25, 0.3) is 0 Å². The van der Waals surface area contributed by atoms with Crippen LogP contribution in [0.5, 0.6) is 0 Å². The fourth-order valence-electron chi connectivity index (χ4n) is 1.69. The summed E-state index contributed by atoms with van der Waals surface area (Å²) in [6.07, 6.45) is 1.21. The van der Waals surface area contributed by atoms with Crippen LogP contribution in [0.2, 0.25) is 0 Å². The van der Waals surface area contributed by atoms with E-state index in [9.17, 15) is 4.79 Å². The first-order valence-electron chi connectivity index (χ1n) is 5.54. The molecule has 1 heterocycles. The van der Waals surface area contributed by atoms with E-state index in [-0.39, 0.29) is 17.6 Å². The Kier molecular flexibility index (Phi) is 4.11. The molecule has 4 nitrogen and oxygen atoms in total. The Labute approximate surface area is 91.8 Å². The van der Waals surface area contributed by atoms with Gasteiger partial charge in [-0.25, -0.2) is 0 Å². The second kappa shape index (κ2) is 4.94. The summed E-state index contributed by atoms with van der Waals surface area (Å²) in [7, 11) is 0. The molecule has 0 aromatic carbocycles. The van der Waals surface area contributed by atoms with Crippen molar-refractivity contribution >= 4 is 5.91 Å². The summed E-state index contributed by atoms with van der Waals surface area (Å²) < 4.78 is 5.40. The van der Waals surface area contributed by atoms with Gasteiger partial charge in [0.15, 0.2) is 0 Å². The first-order valence-corrected chi connectivity index (χ1v) is 5.54. The van der Waals surface area contributed by atoms with Gasteiger partial charge in [-0.05, 0) is 34.1 Å². The van der Waals surface area contributed by atoms with Gasteiger partial charge in [0.25, 0.3) is 0 Å². The molecular formula is C11H22N2O2. The van der Waals surface area contributed by atoms with Gasteiger partial charge in [0.2, 0.25) is 5.91 Å². The van der Waals surface area contributed by atoms with Gasteiger partial charge >= 0.3 is 0 Å². The van der Waals surface area contributed by atoms with Crippen LogP contribution in [0.3, 0.4) is 0 Å². The van der Waals surface area contributed by atoms with Gasteiger partial charge in [-0.15, -0.1) is 0 Å². The number of hydrogen-bond acceptors (Lipinski definition) is 3. The molecule has 2 N–H and O–H groups in total. The molecule has 0 saturated carbocycles. The summed E-state index contributed by atoms with van der Waals surface area (Å²) in [6.45, 7) is 9.13. The lowest BCUT2D eigenvalue weighted by molar-refractivity contribution is -0.121. The standard InChI is InChI=1S/C11H22N2O2/c1-8-9(5-6-15-8)12-7-10(14)13-11(2,3)4/h8-9,12H,5-7H2,1-4H3,(H,13,14). The molecule has 1 aliphatic heterocycles. The summed E-state index contributed by atoms with van der Waals surface area (Å²) in [5.74, 6) is 0.0431. The van der Waals surface area contributed by atoms with Gasteiger partial charge in [-0.1, -0.05) is 0 Å². The highest BCUT2D eigenvalue weighted by Gasteiger charge is 2.24. The van der Waals surface area contributed by atoms with E-state index in [0.29, 0.717) is 12.6 Å². The van der Waals surface area contributed by atoms with Crippen molar-refractivity contribution in [1.29, 1.82) is 0 Å². The number of amides is 1. The Morgan fingerprint density at radius 3 is 2.60 bits per heavy atom. The van der Waals surface area contributed by atoms with Crippen molar-refractivity contribution in [2.75, 3.05) is 13.2 Å². The molecule has 88 valence electrons. The second-order valence-corrected chi connectivity index (χ2v) is 5.15. The first kappa shape index (κ1) is 12.5. The molecule has 1 saturated heterocycles. The smallest absolute Gasteiger partial charge is 0.234 e. The number of ether oxygens (including phenoxy) is 1. The van der Waals surface area contributed by atoms with E-state index in [1.54, 1.807) is 0 Å². The molecule has 1 amide bonds. The molecule has 2 unspecified atom stereocenters. The quantitative estimate of drug-likeness (QED) is 0.726. The maximum Gasteiger partial charge on any atom is 0.234 e. The van der Waals surface area contributed by atoms with E-state index in [2.05, 4.69) is 10.6 Å². The third-order valence-corrected chi connectivity index (χ3v) is 2.42. The Morgan fingerprint density at radius 1 is 1.47 bits per heavy atom. The zero-order valence-electron chi connectivity index (χ0n) is 10.1. The molecule has 1 rings (SSSR count). The number of carbonyl (C=O) groups is 1. The van der Waals surface area contributed by atoms with Gasteiger partial charge in [-0.3, -0.25) is 4.79 Å². The zero-order chi connectivity index (χ0) is 11.5. The molecule has 0 radical (unpaired) electrons. The van der Waals surface area contributed by atoms with Crippen LogP contribution in [0.1, 0.15) is 34.1 Å². The van der Waals surface area contributed by atoms with Crippen LogP contribution in [0.15, 0.2) is 0 Å². The van der Waals surface area contributed by atoms with E-state index in [0.717, 1.165) is 13.0 Å². The van der Waals surface area contributed by atoms with Crippen molar-refractivity contribution in [1.82, 2.24) is 10.6 Å². The molecule has 2 atom stereocenters. The molecule has 0 aliphatic carbocycles. The highest BCUT2D eigenvalue weighted by atomic mass is 16.5. The molecule has 0 aromatic heterocycles. The maximum absolute atomic E-state index is 11.5. The Morgan fingerprint density at radius 2 is 2.13 bits per heavy atom. The lowest BCUT2D eigenvalue weighted by Crippen LogP contribution is -2.47. The monoisotopic (exact) mass is 214 g/mol. The maximum atomic E-state index is 11.5. The fourth-order valence-corrected chi connectivity index (χ4v) is 1.69. The highest BCUT2D eigenvalue weighted by Crippen LogP contribution is 2.11. The lowest BCUT2D eigenvalue weighted by atomic mass is 10.1. The minimum atomic E-state index is -0.156. The molecule has 1 aliphatic rings. The molecule has 0 spiro atoms. The largest absolute Gasteiger partial charge is 0.377 e. The van der Waals surface area contributed by atoms with Crippen LogP contribution in [-0.2, 0) is 9.53 Å². The van der Waals surface area contributed by atoms with Crippen molar-refractivity contribution in [3.05, 3.63) is 0 Å². The minimum Gasteiger partial charge on any atom is -0.377 e. The molecule has 4 heteroatoms. The third kappa shape index (κ3) is 4.62. The lowest BCUT2D eigenvalue weighted by Gasteiger charge is -2.22. The van der Waals surface area contributed by atoms with E-state index in [1.165, 1.54) is 0 Å². The number of rotatable bonds is 3. The predicted octanol–water partition coefficient (Wildman–Crippen LogP) is 0.668. The summed E-state index contributed by atoms with van der Waals surface area (Å²) in [4.78, 5) is 11.5. The van der Waals surface area contributed by atoms with E-state index < -0.39 is 0 Å². The van der Waals surface area contributed by atoms with Gasteiger partial charge in [0.05, 0.1) is 12.6 Å². The van der Waals surface area contributed by atoms with Crippen molar-refractivity contribution in [2.45, 2.75) is 51.8 Å². The first-order chi connectivity index (χ1) is 6.88. The van der Waals surface area contributed by atoms with Crippen molar-refractivity contribution < 1.29 is 9.53 Å². The Balaban J connectivity index is 2.22. The van der Waals surface area contributed by atoms with E-state index in [4.69, 9.17) is 4.74 Å². The molecular weight excluding hydrogens is 192 g/mol. The average molecular weight is 214 g/mol. The van der Waals surface area contributed by atoms with Gasteiger partial charge in [0, 0.05) is 18.2 Å². The normalized spacial score (nSPS) is 26.7. The van der Waals surface area contributed by atoms with Crippen LogP contribution in [0, 0.1) is 0 Å². The van der Waals surface area contributed by atoms with Crippen molar-refractivity contribution in [3.8, 4) is 0 Å². The van der Waals surface area contributed by atoms with Crippen LogP contribution in [0.4, 0.5) is 0 Å². The number of nitrogens with one attached hydrogen (secondary N) is 2. The highest BCUT2D eigenvalue weighted by molar-refractivity contribution is 5.78. The van der Waals surface area contributed by atoms with Gasteiger partial charge in [0.1, 0.15) is 0 Å². The summed E-state index contributed by atoms with van der Waals surface area (Å²) in [6, 6.07) is 0.315. The van der Waals surface area contributed by atoms with E-state index in [1.807, 2.05) is 27.7 Å².